The van der Waals surface area contributed by atoms with E-state index in [1.165, 1.54) is 0 Å². The third-order valence-corrected chi connectivity index (χ3v) is 5.03. The van der Waals surface area contributed by atoms with Gasteiger partial charge in [-0.2, -0.15) is 0 Å². The number of nitrogens with one attached hydrogen (secondary N) is 1. The first-order valence-corrected chi connectivity index (χ1v) is 9.81. The molecule has 0 fully saturated rings. The molecule has 0 spiro atoms. The molecule has 5 heteroatoms. The van der Waals surface area contributed by atoms with Gasteiger partial charge in [0.25, 0.3) is 11.8 Å². The Labute approximate surface area is 160 Å². The number of rotatable bonds is 7. The summed E-state index contributed by atoms with van der Waals surface area (Å²) in [5.41, 5.74) is 1.67. The fraction of sp³-hybridized carbons (Fsp3) is 0.333. The molecule has 0 saturated carbocycles. The number of hydrogen-bond acceptors (Lipinski definition) is 3. The van der Waals surface area contributed by atoms with E-state index in [0.29, 0.717) is 35.2 Å². The molecule has 138 valence electrons. The highest BCUT2D eigenvalue weighted by atomic mass is 32.2. The number of hydrogen-bond donors (Lipinski definition) is 1. The molecule has 0 aliphatic rings. The van der Waals surface area contributed by atoms with Crippen LogP contribution in [0, 0.1) is 0 Å². The molecular formula is C21H26N2O2S. The first-order chi connectivity index (χ1) is 12.5. The second-order valence-corrected chi connectivity index (χ2v) is 7.76. The summed E-state index contributed by atoms with van der Waals surface area (Å²) in [6, 6.07) is 14.7. The fourth-order valence-electron chi connectivity index (χ4n) is 2.66. The van der Waals surface area contributed by atoms with Gasteiger partial charge in [-0.05, 0) is 38.1 Å². The number of carbonyl (C=O) groups excluding carboxylic acids is 2. The molecule has 0 atom stereocenters. The molecule has 2 rings (SSSR count). The minimum Gasteiger partial charge on any atom is -0.339 e. The summed E-state index contributed by atoms with van der Waals surface area (Å²) in [5.74, 6) is -0.274. The highest BCUT2D eigenvalue weighted by Crippen LogP contribution is 2.27. The van der Waals surface area contributed by atoms with E-state index in [9.17, 15) is 9.59 Å². The first kappa shape index (κ1) is 20.0. The summed E-state index contributed by atoms with van der Waals surface area (Å²) in [5, 5.41) is 3.30. The van der Waals surface area contributed by atoms with Crippen LogP contribution in [0.25, 0.3) is 0 Å². The number of para-hydroxylation sites is 1. The lowest BCUT2D eigenvalue weighted by Crippen LogP contribution is -2.31. The maximum absolute atomic E-state index is 12.9. The molecule has 0 aromatic heterocycles. The fourth-order valence-corrected chi connectivity index (χ4v) is 3.61. The molecule has 0 radical (unpaired) electrons. The summed E-state index contributed by atoms with van der Waals surface area (Å²) >= 11 is 1.65. The van der Waals surface area contributed by atoms with E-state index in [-0.39, 0.29) is 11.8 Å². The Kier molecular flexibility index (Phi) is 7.27. The molecular weight excluding hydrogens is 344 g/mol. The Balaban J connectivity index is 2.30. The first-order valence-electron chi connectivity index (χ1n) is 8.93. The average Bonchev–Trinajstić information content (AvgIpc) is 2.63. The number of benzene rings is 2. The monoisotopic (exact) mass is 370 g/mol. The van der Waals surface area contributed by atoms with Crippen LogP contribution in [0.5, 0.6) is 0 Å². The molecule has 2 amide bonds. The Morgan fingerprint density at radius 1 is 0.962 bits per heavy atom. The number of anilines is 1. The standard InChI is InChI=1S/C21H26N2O2S/c1-5-23(6-2)21(25)16-11-7-9-13-18(16)22-20(24)17-12-8-10-14-19(17)26-15(3)4/h7-15H,5-6H2,1-4H3,(H,22,24). The molecule has 0 saturated heterocycles. The Bertz CT molecular complexity index is 770. The van der Waals surface area contributed by atoms with Crippen LogP contribution >= 0.6 is 11.8 Å². The van der Waals surface area contributed by atoms with Crippen molar-refractivity contribution in [3.05, 3.63) is 59.7 Å². The van der Waals surface area contributed by atoms with Crippen LogP contribution in [0.2, 0.25) is 0 Å². The lowest BCUT2D eigenvalue weighted by atomic mass is 10.1. The van der Waals surface area contributed by atoms with Gasteiger partial charge in [0, 0.05) is 23.2 Å². The second kappa shape index (κ2) is 9.43. The van der Waals surface area contributed by atoms with Crippen LogP contribution < -0.4 is 5.32 Å². The van der Waals surface area contributed by atoms with E-state index >= 15 is 0 Å². The summed E-state index contributed by atoms with van der Waals surface area (Å²) in [6.07, 6.45) is 0. The molecule has 0 unspecified atom stereocenters. The summed E-state index contributed by atoms with van der Waals surface area (Å²) in [4.78, 5) is 28.3. The number of amides is 2. The molecule has 0 aliphatic carbocycles. The van der Waals surface area contributed by atoms with Crippen molar-refractivity contribution in [2.75, 3.05) is 18.4 Å². The molecule has 2 aromatic carbocycles. The van der Waals surface area contributed by atoms with Crippen LogP contribution in [0.1, 0.15) is 48.4 Å². The molecule has 0 bridgehead atoms. The molecule has 2 aromatic rings. The van der Waals surface area contributed by atoms with Crippen molar-refractivity contribution >= 4 is 29.3 Å². The predicted octanol–water partition coefficient (Wildman–Crippen LogP) is 4.92. The normalized spacial score (nSPS) is 10.7. The van der Waals surface area contributed by atoms with Crippen molar-refractivity contribution in [1.82, 2.24) is 4.90 Å². The van der Waals surface area contributed by atoms with Gasteiger partial charge in [0.15, 0.2) is 0 Å². The molecule has 1 N–H and O–H groups in total. The van der Waals surface area contributed by atoms with Gasteiger partial charge in [0.05, 0.1) is 16.8 Å². The Morgan fingerprint density at radius 3 is 2.15 bits per heavy atom. The van der Waals surface area contributed by atoms with Gasteiger partial charge in [-0.15, -0.1) is 11.8 Å². The van der Waals surface area contributed by atoms with Gasteiger partial charge in [0.2, 0.25) is 0 Å². The van der Waals surface area contributed by atoms with Crippen molar-refractivity contribution in [3.63, 3.8) is 0 Å². The molecule has 0 aliphatic heterocycles. The predicted molar refractivity (Wildman–Crippen MR) is 109 cm³/mol. The van der Waals surface area contributed by atoms with Crippen molar-refractivity contribution in [2.24, 2.45) is 0 Å². The molecule has 26 heavy (non-hydrogen) atoms. The van der Waals surface area contributed by atoms with Crippen LogP contribution in [-0.4, -0.2) is 35.1 Å². The maximum atomic E-state index is 12.9. The third-order valence-electron chi connectivity index (χ3n) is 3.95. The maximum Gasteiger partial charge on any atom is 0.256 e. The smallest absolute Gasteiger partial charge is 0.256 e. The van der Waals surface area contributed by atoms with Crippen molar-refractivity contribution < 1.29 is 9.59 Å². The van der Waals surface area contributed by atoms with Crippen LogP contribution in [0.3, 0.4) is 0 Å². The Morgan fingerprint density at radius 2 is 1.54 bits per heavy atom. The number of nitrogens with zero attached hydrogens (tertiary/aromatic N) is 1. The second-order valence-electron chi connectivity index (χ2n) is 6.14. The van der Waals surface area contributed by atoms with E-state index in [2.05, 4.69) is 19.2 Å². The van der Waals surface area contributed by atoms with Gasteiger partial charge in [-0.1, -0.05) is 38.1 Å². The zero-order valence-electron chi connectivity index (χ0n) is 15.8. The van der Waals surface area contributed by atoms with E-state index in [1.54, 1.807) is 28.8 Å². The van der Waals surface area contributed by atoms with E-state index < -0.39 is 0 Å². The molecule has 0 heterocycles. The van der Waals surface area contributed by atoms with Crippen molar-refractivity contribution in [1.29, 1.82) is 0 Å². The number of thioether (sulfide) groups is 1. The average molecular weight is 371 g/mol. The summed E-state index contributed by atoms with van der Waals surface area (Å²) in [6.45, 7) is 9.34. The van der Waals surface area contributed by atoms with Gasteiger partial charge >= 0.3 is 0 Å². The molecule has 4 nitrogen and oxygen atoms in total. The van der Waals surface area contributed by atoms with Crippen LogP contribution in [0.15, 0.2) is 53.4 Å². The summed E-state index contributed by atoms with van der Waals surface area (Å²) in [7, 11) is 0. The number of carbonyl (C=O) groups is 2. The SMILES string of the molecule is CCN(CC)C(=O)c1ccccc1NC(=O)c1ccccc1SC(C)C. The topological polar surface area (TPSA) is 49.4 Å². The largest absolute Gasteiger partial charge is 0.339 e. The highest BCUT2D eigenvalue weighted by molar-refractivity contribution is 8.00. The van der Waals surface area contributed by atoms with Gasteiger partial charge in [-0.3, -0.25) is 9.59 Å². The van der Waals surface area contributed by atoms with Crippen LogP contribution in [-0.2, 0) is 0 Å². The van der Waals surface area contributed by atoms with Crippen molar-refractivity contribution in [2.45, 2.75) is 37.8 Å². The minimum absolute atomic E-state index is 0.0734. The summed E-state index contributed by atoms with van der Waals surface area (Å²) < 4.78 is 0. The third kappa shape index (κ3) is 4.88. The van der Waals surface area contributed by atoms with E-state index in [4.69, 9.17) is 0 Å². The lowest BCUT2D eigenvalue weighted by Gasteiger charge is -2.20. The van der Waals surface area contributed by atoms with E-state index in [1.807, 2.05) is 50.2 Å². The van der Waals surface area contributed by atoms with Gasteiger partial charge < -0.3 is 10.2 Å². The quantitative estimate of drug-likeness (QED) is 0.704. The van der Waals surface area contributed by atoms with Gasteiger partial charge in [-0.25, -0.2) is 0 Å². The van der Waals surface area contributed by atoms with Crippen LogP contribution in [0.4, 0.5) is 5.69 Å². The minimum atomic E-state index is -0.200. The van der Waals surface area contributed by atoms with E-state index in [0.717, 1.165) is 4.90 Å². The van der Waals surface area contributed by atoms with Gasteiger partial charge in [0.1, 0.15) is 0 Å². The highest BCUT2D eigenvalue weighted by Gasteiger charge is 2.19. The lowest BCUT2D eigenvalue weighted by molar-refractivity contribution is 0.0774. The zero-order chi connectivity index (χ0) is 19.1. The van der Waals surface area contributed by atoms with Crippen molar-refractivity contribution in [3.8, 4) is 0 Å². The Hall–Kier alpha value is -2.27. The zero-order valence-corrected chi connectivity index (χ0v) is 16.6.